The lowest BCUT2D eigenvalue weighted by Crippen LogP contribution is -2.04. The van der Waals surface area contributed by atoms with E-state index < -0.39 is 4.92 Å². The Hall–Kier alpha value is -2.22. The second kappa shape index (κ2) is 5.19. The molecule has 98 valence electrons. The number of nitro benzene ring substituents is 1. The van der Waals surface area contributed by atoms with Gasteiger partial charge in [0.25, 0.3) is 5.69 Å². The topological polar surface area (TPSA) is 108 Å². The van der Waals surface area contributed by atoms with Crippen LogP contribution < -0.4 is 5.73 Å². The van der Waals surface area contributed by atoms with Crippen LogP contribution in [0.2, 0.25) is 0 Å². The number of anilines is 1. The summed E-state index contributed by atoms with van der Waals surface area (Å²) in [7, 11) is 0. The normalized spacial score (nSPS) is 10.4. The molecule has 0 spiro atoms. The van der Waals surface area contributed by atoms with E-state index in [2.05, 4.69) is 15.0 Å². The summed E-state index contributed by atoms with van der Waals surface area (Å²) < 4.78 is 0. The first kappa shape index (κ1) is 13.2. The van der Waals surface area contributed by atoms with Crippen molar-refractivity contribution in [2.24, 2.45) is 0 Å². The molecule has 19 heavy (non-hydrogen) atoms. The van der Waals surface area contributed by atoms with Gasteiger partial charge in [-0.1, -0.05) is 23.9 Å². The fourth-order valence-electron chi connectivity index (χ4n) is 1.67. The van der Waals surface area contributed by atoms with Crippen molar-refractivity contribution in [3.63, 3.8) is 0 Å². The molecule has 0 amide bonds. The highest BCUT2D eigenvalue weighted by molar-refractivity contribution is 7.98. The van der Waals surface area contributed by atoms with Gasteiger partial charge in [-0.3, -0.25) is 10.1 Å². The molecule has 0 saturated heterocycles. The molecule has 0 aliphatic carbocycles. The Morgan fingerprint density at radius 1 is 1.32 bits per heavy atom. The Kier molecular flexibility index (Phi) is 3.61. The molecular weight excluding hydrogens is 266 g/mol. The lowest BCUT2D eigenvalue weighted by atomic mass is 10.1. The van der Waals surface area contributed by atoms with Crippen LogP contribution in [0.15, 0.2) is 23.4 Å². The fourth-order valence-corrected chi connectivity index (χ4v) is 2.03. The summed E-state index contributed by atoms with van der Waals surface area (Å²) in [6, 6.07) is 4.80. The van der Waals surface area contributed by atoms with Gasteiger partial charge in [-0.2, -0.15) is 9.97 Å². The second-order valence-electron chi connectivity index (χ2n) is 3.73. The van der Waals surface area contributed by atoms with Crippen LogP contribution in [0.25, 0.3) is 11.4 Å². The predicted octanol–water partition coefficient (Wildman–Crippen LogP) is 2.06. The maximum atomic E-state index is 11.1. The minimum absolute atomic E-state index is 0.0438. The third kappa shape index (κ3) is 2.63. The maximum absolute atomic E-state index is 11.1. The smallest absolute Gasteiger partial charge is 0.280 e. The number of benzene rings is 1. The average Bonchev–Trinajstić information content (AvgIpc) is 2.37. The third-order valence-corrected chi connectivity index (χ3v) is 3.03. The molecule has 0 aliphatic heterocycles. The first-order valence-corrected chi connectivity index (χ1v) is 6.55. The Balaban J connectivity index is 2.71. The minimum Gasteiger partial charge on any atom is -0.368 e. The summed E-state index contributed by atoms with van der Waals surface area (Å²) in [5.74, 6) is 0.272. The molecule has 0 atom stereocenters. The third-order valence-electron chi connectivity index (χ3n) is 2.49. The molecular formula is C11H11N5O2S. The van der Waals surface area contributed by atoms with Crippen molar-refractivity contribution in [2.45, 2.75) is 12.1 Å². The number of thioether (sulfide) groups is 1. The number of nitrogens with zero attached hydrogens (tertiary/aromatic N) is 4. The number of hydrogen-bond acceptors (Lipinski definition) is 7. The van der Waals surface area contributed by atoms with Gasteiger partial charge in [0, 0.05) is 6.07 Å². The fraction of sp³-hybridized carbons (Fsp3) is 0.182. The maximum Gasteiger partial charge on any atom is 0.280 e. The molecule has 0 saturated carbocycles. The molecule has 7 nitrogen and oxygen atoms in total. The first-order chi connectivity index (χ1) is 9.02. The molecule has 2 aromatic rings. The van der Waals surface area contributed by atoms with Gasteiger partial charge in [0.15, 0.2) is 11.0 Å². The van der Waals surface area contributed by atoms with Crippen LogP contribution in [0.1, 0.15) is 5.56 Å². The van der Waals surface area contributed by atoms with E-state index in [1.54, 1.807) is 25.3 Å². The van der Waals surface area contributed by atoms with Crippen LogP contribution >= 0.6 is 11.8 Å². The Labute approximate surface area is 113 Å². The van der Waals surface area contributed by atoms with Crippen LogP contribution in [-0.4, -0.2) is 26.1 Å². The highest BCUT2D eigenvalue weighted by Crippen LogP contribution is 2.31. The van der Waals surface area contributed by atoms with Gasteiger partial charge >= 0.3 is 0 Å². The second-order valence-corrected chi connectivity index (χ2v) is 4.50. The van der Waals surface area contributed by atoms with E-state index in [0.29, 0.717) is 16.3 Å². The molecule has 1 aromatic carbocycles. The zero-order chi connectivity index (χ0) is 14.0. The number of nitrogens with two attached hydrogens (primary N) is 1. The van der Waals surface area contributed by atoms with Gasteiger partial charge in [-0.05, 0) is 18.7 Å². The molecule has 0 fully saturated rings. The van der Waals surface area contributed by atoms with Crippen LogP contribution in [-0.2, 0) is 0 Å². The van der Waals surface area contributed by atoms with Gasteiger partial charge in [0.05, 0.1) is 4.92 Å². The van der Waals surface area contributed by atoms with Gasteiger partial charge in [-0.25, -0.2) is 4.98 Å². The van der Waals surface area contributed by atoms with E-state index in [-0.39, 0.29) is 17.5 Å². The molecule has 0 bridgehead atoms. The lowest BCUT2D eigenvalue weighted by molar-refractivity contribution is -0.384. The number of nitro groups is 1. The summed E-state index contributed by atoms with van der Waals surface area (Å²) in [5, 5.41) is 11.5. The Bertz CT molecular complexity index is 647. The van der Waals surface area contributed by atoms with Crippen molar-refractivity contribution in [3.05, 3.63) is 33.9 Å². The van der Waals surface area contributed by atoms with E-state index in [9.17, 15) is 10.1 Å². The van der Waals surface area contributed by atoms with E-state index in [1.807, 2.05) is 0 Å². The summed E-state index contributed by atoms with van der Waals surface area (Å²) in [5.41, 5.74) is 6.65. The van der Waals surface area contributed by atoms with E-state index >= 15 is 0 Å². The summed E-state index contributed by atoms with van der Waals surface area (Å²) in [6.45, 7) is 1.76. The minimum atomic E-state index is -0.457. The Morgan fingerprint density at radius 3 is 2.68 bits per heavy atom. The van der Waals surface area contributed by atoms with Crippen molar-refractivity contribution in [1.82, 2.24) is 15.0 Å². The van der Waals surface area contributed by atoms with Crippen molar-refractivity contribution in [3.8, 4) is 11.4 Å². The van der Waals surface area contributed by atoms with Crippen LogP contribution in [0, 0.1) is 17.0 Å². The monoisotopic (exact) mass is 277 g/mol. The highest BCUT2D eigenvalue weighted by atomic mass is 32.2. The Morgan fingerprint density at radius 2 is 2.05 bits per heavy atom. The summed E-state index contributed by atoms with van der Waals surface area (Å²) in [4.78, 5) is 22.7. The summed E-state index contributed by atoms with van der Waals surface area (Å²) >= 11 is 1.30. The molecule has 2 N–H and O–H groups in total. The molecule has 1 heterocycles. The van der Waals surface area contributed by atoms with Gasteiger partial charge in [0.2, 0.25) is 5.95 Å². The van der Waals surface area contributed by atoms with Gasteiger partial charge in [-0.15, -0.1) is 0 Å². The molecule has 0 aliphatic rings. The van der Waals surface area contributed by atoms with Crippen molar-refractivity contribution < 1.29 is 4.92 Å². The molecule has 2 rings (SSSR count). The molecule has 8 heteroatoms. The molecule has 0 unspecified atom stereocenters. The number of nitrogen functional groups attached to an aromatic ring is 1. The quantitative estimate of drug-likeness (QED) is 0.519. The van der Waals surface area contributed by atoms with Gasteiger partial charge < -0.3 is 5.73 Å². The summed E-state index contributed by atoms with van der Waals surface area (Å²) in [6.07, 6.45) is 1.80. The standard InChI is InChI=1S/C11H11N5O2S/c1-6-4-3-5-7(16(17)18)8(6)9-13-10(12)15-11(14-9)19-2/h3-5H,1-2H3,(H2,12,13,14,15). The zero-order valence-corrected chi connectivity index (χ0v) is 11.1. The van der Waals surface area contributed by atoms with Crippen molar-refractivity contribution in [1.29, 1.82) is 0 Å². The largest absolute Gasteiger partial charge is 0.368 e. The van der Waals surface area contributed by atoms with Gasteiger partial charge in [0.1, 0.15) is 5.56 Å². The highest BCUT2D eigenvalue weighted by Gasteiger charge is 2.20. The number of rotatable bonds is 3. The van der Waals surface area contributed by atoms with Crippen molar-refractivity contribution in [2.75, 3.05) is 12.0 Å². The SMILES string of the molecule is CSc1nc(N)nc(-c2c(C)cccc2[N+](=O)[O-])n1. The number of aromatic nitrogens is 3. The predicted molar refractivity (Wildman–Crippen MR) is 72.8 cm³/mol. The lowest BCUT2D eigenvalue weighted by Gasteiger charge is -2.06. The van der Waals surface area contributed by atoms with Crippen LogP contribution in [0.3, 0.4) is 0 Å². The average molecular weight is 277 g/mol. The number of aryl methyl sites for hydroxylation is 1. The van der Waals surface area contributed by atoms with Crippen LogP contribution in [0.5, 0.6) is 0 Å². The molecule has 1 aromatic heterocycles. The molecule has 0 radical (unpaired) electrons. The van der Waals surface area contributed by atoms with E-state index in [1.165, 1.54) is 17.8 Å². The van der Waals surface area contributed by atoms with Crippen LogP contribution in [0.4, 0.5) is 11.6 Å². The zero-order valence-electron chi connectivity index (χ0n) is 10.3. The van der Waals surface area contributed by atoms with Crippen molar-refractivity contribution >= 4 is 23.4 Å². The van der Waals surface area contributed by atoms with E-state index in [4.69, 9.17) is 5.73 Å². The first-order valence-electron chi connectivity index (χ1n) is 5.33. The van der Waals surface area contributed by atoms with E-state index in [0.717, 1.165) is 0 Å². The number of hydrogen-bond donors (Lipinski definition) is 1.